The van der Waals surface area contributed by atoms with Crippen molar-refractivity contribution in [2.45, 2.75) is 69.0 Å². The van der Waals surface area contributed by atoms with Crippen molar-refractivity contribution < 1.29 is 0 Å². The zero-order valence-corrected chi connectivity index (χ0v) is 15.5. The molecule has 2 nitrogen and oxygen atoms in total. The molecule has 2 unspecified atom stereocenters. The van der Waals surface area contributed by atoms with Crippen LogP contribution in [0.15, 0.2) is 0 Å². The van der Waals surface area contributed by atoms with Crippen molar-refractivity contribution in [3.8, 4) is 0 Å². The molecule has 2 heterocycles. The van der Waals surface area contributed by atoms with Gasteiger partial charge < -0.3 is 5.32 Å². The Morgan fingerprint density at radius 1 is 1.19 bits per heavy atom. The molecule has 1 saturated carbocycles. The van der Waals surface area contributed by atoms with Crippen LogP contribution in [-0.2, 0) is 13.0 Å². The van der Waals surface area contributed by atoms with Crippen LogP contribution in [0.3, 0.4) is 0 Å². The number of aromatic nitrogens is 1. The first-order valence-corrected chi connectivity index (χ1v) is 11.2. The largest absolute Gasteiger partial charge is 0.309 e. The molecule has 0 radical (unpaired) electrons. The van der Waals surface area contributed by atoms with Gasteiger partial charge in [-0.2, -0.15) is 11.8 Å². The molecule has 118 valence electrons. The lowest BCUT2D eigenvalue weighted by Gasteiger charge is -2.28. The highest BCUT2D eigenvalue weighted by Gasteiger charge is 2.30. The maximum atomic E-state index is 5.06. The highest BCUT2D eigenvalue weighted by molar-refractivity contribution is 8.06. The van der Waals surface area contributed by atoms with Gasteiger partial charge in [-0.3, -0.25) is 0 Å². The van der Waals surface area contributed by atoms with Crippen molar-refractivity contribution in [2.24, 2.45) is 0 Å². The van der Waals surface area contributed by atoms with Gasteiger partial charge in [-0.05, 0) is 25.7 Å². The first-order chi connectivity index (χ1) is 10.3. The van der Waals surface area contributed by atoms with Crippen LogP contribution in [0.2, 0.25) is 0 Å². The molecule has 3 rings (SSSR count). The number of hydrogen-bond acceptors (Lipinski definition) is 5. The Hall–Kier alpha value is 0.290. The van der Waals surface area contributed by atoms with E-state index in [9.17, 15) is 0 Å². The molecule has 1 N–H and O–H groups in total. The molecule has 0 aromatic carbocycles. The van der Waals surface area contributed by atoms with E-state index < -0.39 is 0 Å². The maximum Gasteiger partial charge on any atom is 0.107 e. The predicted molar refractivity (Wildman–Crippen MR) is 97.7 cm³/mol. The van der Waals surface area contributed by atoms with Gasteiger partial charge in [0.15, 0.2) is 0 Å². The highest BCUT2D eigenvalue weighted by atomic mass is 32.2. The van der Waals surface area contributed by atoms with Crippen molar-refractivity contribution in [2.75, 3.05) is 11.5 Å². The number of hydrogen-bond donors (Lipinski definition) is 1. The Morgan fingerprint density at radius 3 is 2.71 bits per heavy atom. The van der Waals surface area contributed by atoms with Crippen molar-refractivity contribution >= 4 is 34.9 Å². The fourth-order valence-corrected chi connectivity index (χ4v) is 7.24. The smallest absolute Gasteiger partial charge is 0.107 e. The van der Waals surface area contributed by atoms with E-state index in [-0.39, 0.29) is 0 Å². The highest BCUT2D eigenvalue weighted by Crippen LogP contribution is 2.45. The summed E-state index contributed by atoms with van der Waals surface area (Å²) in [4.78, 5) is 6.57. The molecule has 0 bridgehead atoms. The van der Waals surface area contributed by atoms with Gasteiger partial charge in [0, 0.05) is 34.2 Å². The molecule has 1 aromatic rings. The summed E-state index contributed by atoms with van der Waals surface area (Å²) >= 11 is 6.27. The minimum atomic E-state index is 0.629. The Kier molecular flexibility index (Phi) is 5.93. The molecule has 1 saturated heterocycles. The average molecular weight is 343 g/mol. The van der Waals surface area contributed by atoms with E-state index in [1.165, 1.54) is 52.8 Å². The van der Waals surface area contributed by atoms with E-state index >= 15 is 0 Å². The first kappa shape index (κ1) is 16.2. The van der Waals surface area contributed by atoms with Crippen LogP contribution in [0, 0.1) is 0 Å². The third-order valence-corrected chi connectivity index (χ3v) is 8.69. The molecule has 2 atom stereocenters. The molecule has 0 spiro atoms. The van der Waals surface area contributed by atoms with Crippen molar-refractivity contribution in [3.05, 3.63) is 15.6 Å². The number of nitrogens with zero attached hydrogens (tertiary/aromatic N) is 1. The lowest BCUT2D eigenvalue weighted by Crippen LogP contribution is -2.18. The first-order valence-electron chi connectivity index (χ1n) is 8.26. The normalized spacial score (nSPS) is 26.2. The van der Waals surface area contributed by atoms with Gasteiger partial charge >= 0.3 is 0 Å². The van der Waals surface area contributed by atoms with Gasteiger partial charge in [-0.15, -0.1) is 23.1 Å². The van der Waals surface area contributed by atoms with Crippen LogP contribution in [0.4, 0.5) is 0 Å². The van der Waals surface area contributed by atoms with E-state index in [2.05, 4.69) is 42.7 Å². The van der Waals surface area contributed by atoms with Gasteiger partial charge in [0.2, 0.25) is 0 Å². The maximum absolute atomic E-state index is 5.06. The third-order valence-electron chi connectivity index (χ3n) is 4.11. The third kappa shape index (κ3) is 4.18. The van der Waals surface area contributed by atoms with Gasteiger partial charge in [-0.25, -0.2) is 4.98 Å². The standard InChI is InChI=1S/C16H26N2S3/c1-3-5-12-14(10-17-11-6-7-11)21-16(18-12)15-13(4-2)19-8-9-20-15/h11,13,15,17H,3-10H2,1-2H3. The Labute approximate surface area is 141 Å². The summed E-state index contributed by atoms with van der Waals surface area (Å²) in [5, 5.41) is 6.46. The minimum absolute atomic E-state index is 0.629. The van der Waals surface area contributed by atoms with Gasteiger partial charge in [0.25, 0.3) is 0 Å². The monoisotopic (exact) mass is 342 g/mol. The van der Waals surface area contributed by atoms with Crippen molar-refractivity contribution in [1.29, 1.82) is 0 Å². The predicted octanol–water partition coefficient (Wildman–Crippen LogP) is 4.65. The summed E-state index contributed by atoms with van der Waals surface area (Å²) in [6.07, 6.45) is 6.33. The quantitative estimate of drug-likeness (QED) is 0.780. The summed E-state index contributed by atoms with van der Waals surface area (Å²) in [7, 11) is 0. The van der Waals surface area contributed by atoms with Gasteiger partial charge in [0.1, 0.15) is 5.01 Å². The molecule has 1 aliphatic heterocycles. The summed E-state index contributed by atoms with van der Waals surface area (Å²) in [6.45, 7) is 5.63. The summed E-state index contributed by atoms with van der Waals surface area (Å²) in [5.41, 5.74) is 1.37. The summed E-state index contributed by atoms with van der Waals surface area (Å²) < 4.78 is 0. The zero-order valence-electron chi connectivity index (χ0n) is 13.1. The second-order valence-corrected chi connectivity index (χ2v) is 9.65. The van der Waals surface area contributed by atoms with Crippen LogP contribution in [0.5, 0.6) is 0 Å². The molecule has 2 aliphatic rings. The molecule has 21 heavy (non-hydrogen) atoms. The zero-order chi connectivity index (χ0) is 14.7. The summed E-state index contributed by atoms with van der Waals surface area (Å²) in [5.74, 6) is 2.59. The van der Waals surface area contributed by atoms with E-state index in [0.717, 1.165) is 24.3 Å². The van der Waals surface area contributed by atoms with Crippen LogP contribution in [-0.4, -0.2) is 27.8 Å². The Balaban J connectivity index is 1.75. The van der Waals surface area contributed by atoms with Crippen molar-refractivity contribution in [3.63, 3.8) is 0 Å². The molecule has 1 aliphatic carbocycles. The number of nitrogens with one attached hydrogen (secondary N) is 1. The molecular weight excluding hydrogens is 316 g/mol. The van der Waals surface area contributed by atoms with Crippen LogP contribution in [0.25, 0.3) is 0 Å². The lowest BCUT2D eigenvalue weighted by atomic mass is 10.2. The van der Waals surface area contributed by atoms with E-state index in [1.54, 1.807) is 0 Å². The van der Waals surface area contributed by atoms with Crippen molar-refractivity contribution in [1.82, 2.24) is 10.3 Å². The van der Waals surface area contributed by atoms with Crippen LogP contribution in [0.1, 0.15) is 60.4 Å². The average Bonchev–Trinajstić information content (AvgIpc) is 3.26. The number of rotatable bonds is 7. The van der Waals surface area contributed by atoms with Gasteiger partial charge in [-0.1, -0.05) is 20.3 Å². The number of aryl methyl sites for hydroxylation is 1. The Morgan fingerprint density at radius 2 is 2.00 bits per heavy atom. The number of thiazole rings is 1. The molecular formula is C16H26N2S3. The van der Waals surface area contributed by atoms with Gasteiger partial charge in [0.05, 0.1) is 10.9 Å². The SMILES string of the molecule is CCCc1nc(C2SCCSC2CC)sc1CNC1CC1. The number of thioether (sulfide) groups is 2. The minimum Gasteiger partial charge on any atom is -0.309 e. The second-order valence-electron chi connectivity index (χ2n) is 5.94. The Bertz CT molecular complexity index is 456. The molecule has 0 amide bonds. The fourth-order valence-electron chi connectivity index (χ4n) is 2.75. The van der Waals surface area contributed by atoms with E-state index in [0.29, 0.717) is 5.25 Å². The van der Waals surface area contributed by atoms with Crippen LogP contribution >= 0.6 is 34.9 Å². The van der Waals surface area contributed by atoms with Crippen LogP contribution < -0.4 is 5.32 Å². The molecule has 5 heteroatoms. The van der Waals surface area contributed by atoms with E-state index in [4.69, 9.17) is 4.98 Å². The topological polar surface area (TPSA) is 24.9 Å². The summed E-state index contributed by atoms with van der Waals surface area (Å²) in [6, 6.07) is 0.785. The molecule has 2 fully saturated rings. The van der Waals surface area contributed by atoms with E-state index in [1.807, 2.05) is 11.3 Å². The lowest BCUT2D eigenvalue weighted by molar-refractivity contribution is 0.686. The second kappa shape index (κ2) is 7.71. The fraction of sp³-hybridized carbons (Fsp3) is 0.812. The molecule has 1 aromatic heterocycles.